The summed E-state index contributed by atoms with van der Waals surface area (Å²) in [5.41, 5.74) is 0.668. The van der Waals surface area contributed by atoms with Gasteiger partial charge in [-0.3, -0.25) is 14.4 Å². The normalized spacial score (nSPS) is 17.1. The van der Waals surface area contributed by atoms with E-state index in [1.165, 1.54) is 11.6 Å². The largest absolute Gasteiger partial charge is 0.344 e. The molecule has 2 amide bonds. The Bertz CT molecular complexity index is 975. The van der Waals surface area contributed by atoms with E-state index in [0.717, 1.165) is 12.8 Å². The molecule has 1 aliphatic rings. The lowest BCUT2D eigenvalue weighted by atomic mass is 10.00. The van der Waals surface area contributed by atoms with Crippen LogP contribution in [0.15, 0.2) is 18.2 Å². The molecule has 1 N–H and O–H groups in total. The minimum atomic E-state index is -0.709. The monoisotopic (exact) mass is 480 g/mol. The molecule has 1 saturated heterocycles. The number of tetrazole rings is 1. The number of nitrogens with zero attached hydrogens (tertiary/aromatic N) is 5. The molecule has 3 rings (SSSR count). The molecule has 2 unspecified atom stereocenters. The number of rotatable bonds is 8. The summed E-state index contributed by atoms with van der Waals surface area (Å²) in [6, 6.07) is 3.93. The molecule has 172 valence electrons. The number of hydrogen-bond donors (Lipinski definition) is 1. The molecule has 32 heavy (non-hydrogen) atoms. The number of Topliss-reactive ketones (excluding diaryl/α,β-unsaturated/α-hetero) is 1. The fourth-order valence-electron chi connectivity index (χ4n) is 3.85. The number of aromatic nitrogens is 4. The van der Waals surface area contributed by atoms with Gasteiger partial charge in [-0.15, -0.1) is 5.10 Å². The molecule has 1 fully saturated rings. The third kappa shape index (κ3) is 5.63. The average molecular weight is 481 g/mol. The molecule has 0 saturated carbocycles. The van der Waals surface area contributed by atoms with Crippen molar-refractivity contribution in [2.45, 2.75) is 64.6 Å². The Morgan fingerprint density at radius 3 is 2.59 bits per heavy atom. The second-order valence-corrected chi connectivity index (χ2v) is 8.60. The second-order valence-electron chi connectivity index (χ2n) is 7.79. The van der Waals surface area contributed by atoms with Crippen LogP contribution in [0.4, 0.5) is 0 Å². The lowest BCUT2D eigenvalue weighted by Gasteiger charge is -2.34. The molecule has 0 bridgehead atoms. The number of likely N-dealkylation sites (tertiary alicyclic amines) is 1. The fraction of sp³-hybridized carbons (Fsp3) is 0.524. The predicted molar refractivity (Wildman–Crippen MR) is 119 cm³/mol. The van der Waals surface area contributed by atoms with Gasteiger partial charge < -0.3 is 10.2 Å². The van der Waals surface area contributed by atoms with Crippen molar-refractivity contribution in [3.63, 3.8) is 0 Å². The first-order valence-electron chi connectivity index (χ1n) is 10.6. The highest BCUT2D eigenvalue weighted by Gasteiger charge is 2.32. The molecule has 2 aromatic rings. The van der Waals surface area contributed by atoms with Gasteiger partial charge >= 0.3 is 0 Å². The van der Waals surface area contributed by atoms with Gasteiger partial charge in [-0.1, -0.05) is 36.2 Å². The Morgan fingerprint density at radius 2 is 1.94 bits per heavy atom. The van der Waals surface area contributed by atoms with Gasteiger partial charge in [0.2, 0.25) is 11.8 Å². The van der Waals surface area contributed by atoms with Crippen LogP contribution >= 0.6 is 23.2 Å². The van der Waals surface area contributed by atoms with Gasteiger partial charge in [0.25, 0.3) is 0 Å². The number of nitrogens with one attached hydrogen (secondary N) is 1. The predicted octanol–water partition coefficient (Wildman–Crippen LogP) is 2.44. The zero-order valence-corrected chi connectivity index (χ0v) is 19.6. The van der Waals surface area contributed by atoms with Gasteiger partial charge in [0.05, 0.1) is 6.04 Å². The SMILES string of the molecule is CCC(NC(=O)C1CCCCN1C(C)=O)C(=O)Cn1nnnc1Cc1c(Cl)cccc1Cl. The highest BCUT2D eigenvalue weighted by Crippen LogP contribution is 2.26. The number of ketones is 1. The van der Waals surface area contributed by atoms with Crippen LogP contribution in [0.25, 0.3) is 0 Å². The summed E-state index contributed by atoms with van der Waals surface area (Å²) in [7, 11) is 0. The van der Waals surface area contributed by atoms with Gasteiger partial charge in [-0.05, 0) is 53.8 Å². The highest BCUT2D eigenvalue weighted by molar-refractivity contribution is 6.36. The zero-order valence-electron chi connectivity index (χ0n) is 18.1. The summed E-state index contributed by atoms with van der Waals surface area (Å²) in [6.07, 6.45) is 3.00. The van der Waals surface area contributed by atoms with Gasteiger partial charge in [0.15, 0.2) is 11.6 Å². The van der Waals surface area contributed by atoms with Crippen molar-refractivity contribution in [2.24, 2.45) is 0 Å². The fourth-order valence-corrected chi connectivity index (χ4v) is 4.38. The van der Waals surface area contributed by atoms with Crippen LogP contribution in [0.1, 0.15) is 50.9 Å². The Labute approximate surface area is 196 Å². The quantitative estimate of drug-likeness (QED) is 0.620. The summed E-state index contributed by atoms with van der Waals surface area (Å²) >= 11 is 12.5. The van der Waals surface area contributed by atoms with E-state index in [0.29, 0.717) is 40.8 Å². The first kappa shape index (κ1) is 24.1. The molecule has 2 heterocycles. The number of benzene rings is 1. The van der Waals surface area contributed by atoms with Crippen LogP contribution in [0.2, 0.25) is 10.0 Å². The van der Waals surface area contributed by atoms with E-state index in [4.69, 9.17) is 23.2 Å². The Balaban J connectivity index is 1.68. The first-order valence-corrected chi connectivity index (χ1v) is 11.4. The number of carbonyl (C=O) groups is 3. The van der Waals surface area contributed by atoms with Crippen molar-refractivity contribution in [1.29, 1.82) is 0 Å². The van der Waals surface area contributed by atoms with Gasteiger partial charge in [0.1, 0.15) is 12.6 Å². The smallest absolute Gasteiger partial charge is 0.243 e. The molecule has 0 radical (unpaired) electrons. The number of halogens is 2. The number of carbonyl (C=O) groups excluding carboxylic acids is 3. The maximum absolute atomic E-state index is 13.0. The molecule has 1 aliphatic heterocycles. The van der Waals surface area contributed by atoms with E-state index < -0.39 is 12.1 Å². The third-order valence-corrected chi connectivity index (χ3v) is 6.34. The number of hydrogen-bond acceptors (Lipinski definition) is 6. The maximum atomic E-state index is 13.0. The van der Waals surface area contributed by atoms with Crippen LogP contribution in [-0.2, 0) is 27.3 Å². The van der Waals surface area contributed by atoms with Crippen molar-refractivity contribution in [3.8, 4) is 0 Å². The van der Waals surface area contributed by atoms with Crippen LogP contribution in [-0.4, -0.2) is 61.3 Å². The van der Waals surface area contributed by atoms with E-state index in [-0.39, 0.29) is 30.6 Å². The number of piperidine rings is 1. The summed E-state index contributed by atoms with van der Waals surface area (Å²) in [5.74, 6) is -0.241. The average Bonchev–Trinajstić information content (AvgIpc) is 3.20. The lowest BCUT2D eigenvalue weighted by Crippen LogP contribution is -2.54. The molecule has 0 aliphatic carbocycles. The van der Waals surface area contributed by atoms with Crippen molar-refractivity contribution < 1.29 is 14.4 Å². The van der Waals surface area contributed by atoms with Crippen molar-refractivity contribution in [3.05, 3.63) is 39.6 Å². The van der Waals surface area contributed by atoms with E-state index in [2.05, 4.69) is 20.8 Å². The molecule has 0 spiro atoms. The summed E-state index contributed by atoms with van der Waals surface area (Å²) in [5, 5.41) is 15.4. The number of amides is 2. The Kier molecular flexibility index (Phi) is 8.20. The molecular formula is C21H26Cl2N6O3. The first-order chi connectivity index (χ1) is 15.3. The topological polar surface area (TPSA) is 110 Å². The zero-order chi connectivity index (χ0) is 23.3. The van der Waals surface area contributed by atoms with Gasteiger partial charge in [-0.25, -0.2) is 4.68 Å². The summed E-state index contributed by atoms with van der Waals surface area (Å²) in [6.45, 7) is 3.72. The van der Waals surface area contributed by atoms with Crippen LogP contribution < -0.4 is 5.32 Å². The van der Waals surface area contributed by atoms with Crippen LogP contribution in [0, 0.1) is 0 Å². The van der Waals surface area contributed by atoms with Crippen LogP contribution in [0.5, 0.6) is 0 Å². The van der Waals surface area contributed by atoms with Crippen molar-refractivity contribution in [1.82, 2.24) is 30.4 Å². The van der Waals surface area contributed by atoms with E-state index in [1.54, 1.807) is 23.1 Å². The Hall–Kier alpha value is -2.52. The Morgan fingerprint density at radius 1 is 1.22 bits per heavy atom. The van der Waals surface area contributed by atoms with Crippen molar-refractivity contribution >= 4 is 40.8 Å². The van der Waals surface area contributed by atoms with Gasteiger partial charge in [0, 0.05) is 29.9 Å². The minimum absolute atomic E-state index is 0.107. The molecule has 1 aromatic carbocycles. The molecular weight excluding hydrogens is 455 g/mol. The molecule has 9 nitrogen and oxygen atoms in total. The highest BCUT2D eigenvalue weighted by atomic mass is 35.5. The standard InChI is InChI=1S/C21H26Cl2N6O3/c1-3-17(24-21(32)18-9-4-5-10-28(18)13(2)30)19(31)12-29-20(25-26-27-29)11-14-15(22)7-6-8-16(14)23/h6-8,17-18H,3-5,9-12H2,1-2H3,(H,24,32). The maximum Gasteiger partial charge on any atom is 0.243 e. The van der Waals surface area contributed by atoms with Crippen LogP contribution in [0.3, 0.4) is 0 Å². The molecule has 11 heteroatoms. The van der Waals surface area contributed by atoms with Gasteiger partial charge in [-0.2, -0.15) is 0 Å². The molecule has 2 atom stereocenters. The summed E-state index contributed by atoms with van der Waals surface area (Å²) < 4.78 is 1.39. The van der Waals surface area contributed by atoms with E-state index in [1.807, 2.05) is 6.92 Å². The lowest BCUT2D eigenvalue weighted by molar-refractivity contribution is -0.141. The van der Waals surface area contributed by atoms with E-state index in [9.17, 15) is 14.4 Å². The van der Waals surface area contributed by atoms with E-state index >= 15 is 0 Å². The summed E-state index contributed by atoms with van der Waals surface area (Å²) in [4.78, 5) is 39.2. The second kappa shape index (κ2) is 10.9. The molecule has 1 aromatic heterocycles. The minimum Gasteiger partial charge on any atom is -0.344 e. The third-order valence-electron chi connectivity index (χ3n) is 5.63. The van der Waals surface area contributed by atoms with Crippen molar-refractivity contribution in [2.75, 3.05) is 6.54 Å².